The Hall–Kier alpha value is -1.86. The second kappa shape index (κ2) is 4.07. The minimum absolute atomic E-state index is 1.10. The molecule has 0 saturated heterocycles. The van der Waals surface area contributed by atoms with E-state index in [1.165, 1.54) is 36.5 Å². The molecule has 0 nitrogen and oxygen atoms in total. The molecular weight excluding hydrogens is 248 g/mol. The Balaban J connectivity index is 2.20. The summed E-state index contributed by atoms with van der Waals surface area (Å²) in [7, 11) is 0. The molecule has 19 heavy (non-hydrogen) atoms. The first kappa shape index (κ1) is 11.0. The molecule has 1 heteroatoms. The van der Waals surface area contributed by atoms with Crippen molar-refractivity contribution in [2.45, 2.75) is 13.3 Å². The van der Waals surface area contributed by atoms with Crippen molar-refractivity contribution in [1.29, 1.82) is 0 Å². The lowest BCUT2D eigenvalue weighted by Crippen LogP contribution is -1.76. The summed E-state index contributed by atoms with van der Waals surface area (Å²) in [6.07, 6.45) is 1.10. The maximum Gasteiger partial charge on any atom is 0.0433 e. The zero-order valence-corrected chi connectivity index (χ0v) is 11.6. The summed E-state index contributed by atoms with van der Waals surface area (Å²) in [6, 6.07) is 20.0. The molecule has 0 N–H and O–H groups in total. The third-order valence-electron chi connectivity index (χ3n) is 3.84. The van der Waals surface area contributed by atoms with Gasteiger partial charge in [-0.05, 0) is 28.8 Å². The van der Waals surface area contributed by atoms with Crippen molar-refractivity contribution >= 4 is 42.3 Å². The fourth-order valence-corrected chi connectivity index (χ4v) is 4.07. The van der Waals surface area contributed by atoms with Crippen LogP contribution in [0, 0.1) is 0 Å². The van der Waals surface area contributed by atoms with Gasteiger partial charge in [0.25, 0.3) is 0 Å². The van der Waals surface area contributed by atoms with Crippen molar-refractivity contribution in [2.24, 2.45) is 0 Å². The molecule has 0 fully saturated rings. The number of hydrogen-bond donors (Lipinski definition) is 0. The minimum atomic E-state index is 1.10. The van der Waals surface area contributed by atoms with Crippen molar-refractivity contribution in [2.75, 3.05) is 0 Å². The fraction of sp³-hybridized carbons (Fsp3) is 0.111. The van der Waals surface area contributed by atoms with Gasteiger partial charge in [0, 0.05) is 20.2 Å². The van der Waals surface area contributed by atoms with Crippen LogP contribution in [0.1, 0.15) is 12.5 Å². The number of benzene rings is 3. The van der Waals surface area contributed by atoms with Crippen molar-refractivity contribution in [3.63, 3.8) is 0 Å². The monoisotopic (exact) mass is 262 g/mol. The first-order valence-corrected chi connectivity index (χ1v) is 7.51. The first-order chi connectivity index (χ1) is 9.36. The Kier molecular flexibility index (Phi) is 2.36. The van der Waals surface area contributed by atoms with Gasteiger partial charge in [-0.15, -0.1) is 11.3 Å². The maximum atomic E-state index is 2.34. The van der Waals surface area contributed by atoms with E-state index in [9.17, 15) is 0 Å². The number of aryl methyl sites for hydroxylation is 1. The molecule has 0 atom stereocenters. The Morgan fingerprint density at radius 2 is 1.68 bits per heavy atom. The summed E-state index contributed by atoms with van der Waals surface area (Å²) in [5.41, 5.74) is 1.42. The highest BCUT2D eigenvalue weighted by atomic mass is 32.1. The Morgan fingerprint density at radius 1 is 0.842 bits per heavy atom. The van der Waals surface area contributed by atoms with Crippen LogP contribution in [0.5, 0.6) is 0 Å². The highest BCUT2D eigenvalue weighted by Gasteiger charge is 2.08. The number of rotatable bonds is 1. The van der Waals surface area contributed by atoms with Gasteiger partial charge in [0.05, 0.1) is 0 Å². The number of thiophene rings is 1. The van der Waals surface area contributed by atoms with Gasteiger partial charge < -0.3 is 0 Å². The Morgan fingerprint density at radius 3 is 2.58 bits per heavy atom. The van der Waals surface area contributed by atoms with Gasteiger partial charge in [0.1, 0.15) is 0 Å². The Bertz CT molecular complexity index is 899. The fourth-order valence-electron chi connectivity index (χ4n) is 2.77. The quantitative estimate of drug-likeness (QED) is 0.408. The van der Waals surface area contributed by atoms with Crippen molar-refractivity contribution < 1.29 is 0 Å². The SMILES string of the molecule is CCc1ccc2c(c1)sc1c3ccccc3ccc21. The number of fused-ring (bicyclic) bond motifs is 5. The topological polar surface area (TPSA) is 0 Å². The third-order valence-corrected chi connectivity index (χ3v) is 5.04. The molecule has 3 aromatic carbocycles. The molecule has 0 bridgehead atoms. The van der Waals surface area contributed by atoms with Crippen LogP contribution in [0.15, 0.2) is 54.6 Å². The normalized spacial score (nSPS) is 11.6. The molecule has 0 unspecified atom stereocenters. The van der Waals surface area contributed by atoms with E-state index < -0.39 is 0 Å². The third kappa shape index (κ3) is 1.58. The highest BCUT2D eigenvalue weighted by Crippen LogP contribution is 2.38. The van der Waals surface area contributed by atoms with Crippen molar-refractivity contribution in [3.8, 4) is 0 Å². The van der Waals surface area contributed by atoms with E-state index >= 15 is 0 Å². The molecule has 0 saturated carbocycles. The molecule has 4 aromatic rings. The van der Waals surface area contributed by atoms with Gasteiger partial charge in [-0.25, -0.2) is 0 Å². The van der Waals surface area contributed by atoms with Crippen molar-refractivity contribution in [3.05, 3.63) is 60.2 Å². The maximum absolute atomic E-state index is 2.34. The predicted octanol–water partition coefficient (Wildman–Crippen LogP) is 5.77. The van der Waals surface area contributed by atoms with E-state index in [2.05, 4.69) is 61.5 Å². The van der Waals surface area contributed by atoms with Crippen LogP contribution in [0.4, 0.5) is 0 Å². The lowest BCUT2D eigenvalue weighted by molar-refractivity contribution is 1.15. The molecule has 1 aromatic heterocycles. The highest BCUT2D eigenvalue weighted by molar-refractivity contribution is 7.26. The molecule has 4 rings (SSSR count). The summed E-state index contributed by atoms with van der Waals surface area (Å²) >= 11 is 1.92. The van der Waals surface area contributed by atoms with Gasteiger partial charge in [-0.2, -0.15) is 0 Å². The zero-order valence-electron chi connectivity index (χ0n) is 10.8. The average molecular weight is 262 g/mol. The van der Waals surface area contributed by atoms with Crippen LogP contribution < -0.4 is 0 Å². The van der Waals surface area contributed by atoms with Crippen LogP contribution in [0.2, 0.25) is 0 Å². The lowest BCUT2D eigenvalue weighted by atomic mass is 10.0. The van der Waals surface area contributed by atoms with E-state index in [0.717, 1.165) is 6.42 Å². The van der Waals surface area contributed by atoms with Gasteiger partial charge in [-0.1, -0.05) is 55.5 Å². The second-order valence-electron chi connectivity index (χ2n) is 4.95. The van der Waals surface area contributed by atoms with Gasteiger partial charge in [-0.3, -0.25) is 0 Å². The molecule has 0 spiro atoms. The van der Waals surface area contributed by atoms with E-state index in [0.29, 0.717) is 0 Å². The summed E-state index contributed by atoms with van der Waals surface area (Å²) in [5.74, 6) is 0. The average Bonchev–Trinajstić information content (AvgIpc) is 2.85. The molecule has 1 heterocycles. The lowest BCUT2D eigenvalue weighted by Gasteiger charge is -1.98. The van der Waals surface area contributed by atoms with Crippen LogP contribution in [0.25, 0.3) is 30.9 Å². The molecular formula is C18H14S. The minimum Gasteiger partial charge on any atom is -0.135 e. The molecule has 0 amide bonds. The largest absolute Gasteiger partial charge is 0.135 e. The van der Waals surface area contributed by atoms with E-state index in [4.69, 9.17) is 0 Å². The molecule has 0 aliphatic heterocycles. The summed E-state index contributed by atoms with van der Waals surface area (Å²) in [4.78, 5) is 0. The molecule has 0 radical (unpaired) electrons. The summed E-state index contributed by atoms with van der Waals surface area (Å²) in [5, 5.41) is 5.49. The standard InChI is InChI=1S/C18H14S/c1-2-12-7-9-15-16-10-8-13-5-3-4-6-14(13)18(16)19-17(15)11-12/h3-11H,2H2,1H3. The van der Waals surface area contributed by atoms with Crippen LogP contribution in [-0.2, 0) is 6.42 Å². The van der Waals surface area contributed by atoms with E-state index in [1.807, 2.05) is 11.3 Å². The van der Waals surface area contributed by atoms with E-state index in [1.54, 1.807) is 0 Å². The molecule has 0 aliphatic rings. The van der Waals surface area contributed by atoms with E-state index in [-0.39, 0.29) is 0 Å². The zero-order chi connectivity index (χ0) is 12.8. The molecule has 0 aliphatic carbocycles. The molecule has 92 valence electrons. The second-order valence-corrected chi connectivity index (χ2v) is 6.00. The number of hydrogen-bond acceptors (Lipinski definition) is 1. The summed E-state index contributed by atoms with van der Waals surface area (Å²) in [6.45, 7) is 2.21. The van der Waals surface area contributed by atoms with Crippen LogP contribution in [-0.4, -0.2) is 0 Å². The predicted molar refractivity (Wildman–Crippen MR) is 86.2 cm³/mol. The van der Waals surface area contributed by atoms with Crippen molar-refractivity contribution in [1.82, 2.24) is 0 Å². The van der Waals surface area contributed by atoms with Crippen LogP contribution >= 0.6 is 11.3 Å². The van der Waals surface area contributed by atoms with Gasteiger partial charge >= 0.3 is 0 Å². The van der Waals surface area contributed by atoms with Crippen LogP contribution in [0.3, 0.4) is 0 Å². The Labute approximate surface area is 116 Å². The van der Waals surface area contributed by atoms with Gasteiger partial charge in [0.2, 0.25) is 0 Å². The smallest absolute Gasteiger partial charge is 0.0433 e. The summed E-state index contributed by atoms with van der Waals surface area (Å²) < 4.78 is 2.83. The first-order valence-electron chi connectivity index (χ1n) is 6.69. The van der Waals surface area contributed by atoms with Gasteiger partial charge in [0.15, 0.2) is 0 Å².